The van der Waals surface area contributed by atoms with Crippen LogP contribution in [-0.4, -0.2) is 16.4 Å². The van der Waals surface area contributed by atoms with Crippen molar-refractivity contribution in [2.45, 2.75) is 62.8 Å². The van der Waals surface area contributed by atoms with Gasteiger partial charge in [0, 0.05) is 22.6 Å². The van der Waals surface area contributed by atoms with Crippen LogP contribution in [-0.2, 0) is 16.9 Å². The molecule has 186 valence electrons. The Hall–Kier alpha value is -2.43. The molecule has 0 radical (unpaired) electrons. The van der Waals surface area contributed by atoms with Crippen molar-refractivity contribution in [3.05, 3.63) is 74.7 Å². The zero-order chi connectivity index (χ0) is 25.0. The Kier molecular flexibility index (Phi) is 6.08. The molecule has 8 heteroatoms. The highest BCUT2D eigenvalue weighted by atomic mass is 35.5. The molecule has 1 heterocycles. The number of fused-ring (bicyclic) bond motifs is 2. The summed E-state index contributed by atoms with van der Waals surface area (Å²) in [5, 5.41) is 26.1. The number of aliphatic hydroxyl groups is 1. The second-order valence-corrected chi connectivity index (χ2v) is 11.1. The number of halogens is 3. The molecule has 5 nitrogen and oxygen atoms in total. The first kappa shape index (κ1) is 23.9. The molecule has 1 N–H and O–H groups in total. The van der Waals surface area contributed by atoms with Crippen molar-refractivity contribution in [3.63, 3.8) is 0 Å². The van der Waals surface area contributed by atoms with Crippen molar-refractivity contribution in [1.82, 2.24) is 5.16 Å². The molecule has 6 rings (SSSR count). The highest BCUT2D eigenvalue weighted by Crippen LogP contribution is 2.56. The van der Waals surface area contributed by atoms with Crippen molar-refractivity contribution >= 4 is 23.2 Å². The largest absolute Gasteiger partial charge is 0.384 e. The summed E-state index contributed by atoms with van der Waals surface area (Å²) in [7, 11) is 0. The third-order valence-corrected chi connectivity index (χ3v) is 8.79. The van der Waals surface area contributed by atoms with Gasteiger partial charge in [-0.15, -0.1) is 0 Å². The van der Waals surface area contributed by atoms with Gasteiger partial charge < -0.3 is 14.4 Å². The fourth-order valence-corrected chi connectivity index (χ4v) is 6.81. The predicted octanol–water partition coefficient (Wildman–Crippen LogP) is 7.13. The van der Waals surface area contributed by atoms with Crippen molar-refractivity contribution < 1.29 is 18.8 Å². The van der Waals surface area contributed by atoms with Crippen LogP contribution < -0.4 is 0 Å². The van der Waals surface area contributed by atoms with Crippen LogP contribution in [0.4, 0.5) is 4.39 Å². The highest BCUT2D eigenvalue weighted by molar-refractivity contribution is 6.39. The molecular weight excluding hydrogens is 502 g/mol. The van der Waals surface area contributed by atoms with Crippen molar-refractivity contribution in [2.24, 2.45) is 11.8 Å². The molecule has 1 aromatic heterocycles. The molecule has 0 saturated heterocycles. The van der Waals surface area contributed by atoms with Crippen LogP contribution in [0.25, 0.3) is 11.3 Å². The molecule has 0 unspecified atom stereocenters. The van der Waals surface area contributed by atoms with Gasteiger partial charge in [-0.3, -0.25) is 0 Å². The SMILES string of the molecule is N#Cc1ccc([C@]2(O)[C@@H]3CC[C@H]2C[C@H](OCc2c(-c4c(Cl)cccc4Cl)noc2C2CC2)C3)c(F)c1. The van der Waals surface area contributed by atoms with E-state index in [1.54, 1.807) is 30.3 Å². The lowest BCUT2D eigenvalue weighted by atomic mass is 9.69. The molecule has 3 aromatic rings. The number of hydrogen-bond donors (Lipinski definition) is 1. The Morgan fingerprint density at radius 2 is 1.81 bits per heavy atom. The molecular formula is C28H25Cl2FN2O3. The minimum Gasteiger partial charge on any atom is -0.384 e. The van der Waals surface area contributed by atoms with Crippen molar-refractivity contribution in [2.75, 3.05) is 0 Å². The molecule has 3 aliphatic carbocycles. The first-order valence-corrected chi connectivity index (χ1v) is 13.1. The lowest BCUT2D eigenvalue weighted by molar-refractivity contribution is -0.117. The average Bonchev–Trinajstić information content (AvgIpc) is 3.60. The standard InChI is InChI=1S/C28H25Cl2FN2O3/c29-22-2-1-3-23(30)25(22)26-20(27(36-33-26)16-5-6-16)14-35-19-11-17-7-8-18(12-19)28(17,34)21-9-4-15(13-32)10-24(21)31/h1-4,9-10,16-19,34H,5-8,11-12,14H2/t17-,18+,19-,28+. The van der Waals surface area contributed by atoms with Crippen molar-refractivity contribution in [3.8, 4) is 17.3 Å². The summed E-state index contributed by atoms with van der Waals surface area (Å²) in [6.45, 7) is 0.306. The average molecular weight is 527 g/mol. The molecule has 0 aliphatic heterocycles. The second kappa shape index (κ2) is 9.15. The molecule has 4 atom stereocenters. The lowest BCUT2D eigenvalue weighted by Gasteiger charge is -2.43. The van der Waals surface area contributed by atoms with E-state index in [2.05, 4.69) is 5.16 Å². The maximum absolute atomic E-state index is 14.9. The van der Waals surface area contributed by atoms with Gasteiger partial charge in [0.15, 0.2) is 0 Å². The summed E-state index contributed by atoms with van der Waals surface area (Å²) in [5.41, 5.74) is 1.42. The van der Waals surface area contributed by atoms with Gasteiger partial charge in [-0.25, -0.2) is 4.39 Å². The lowest BCUT2D eigenvalue weighted by Crippen LogP contribution is -2.45. The van der Waals surface area contributed by atoms with Gasteiger partial charge in [0.1, 0.15) is 17.3 Å². The van der Waals surface area contributed by atoms with Crippen LogP contribution in [0.3, 0.4) is 0 Å². The number of benzene rings is 2. The van der Waals surface area contributed by atoms with Crippen LogP contribution in [0.2, 0.25) is 10.0 Å². The van der Waals surface area contributed by atoms with Gasteiger partial charge in [-0.1, -0.05) is 40.5 Å². The van der Waals surface area contributed by atoms with Gasteiger partial charge in [-0.2, -0.15) is 5.26 Å². The third kappa shape index (κ3) is 3.94. The van der Waals surface area contributed by atoms with Crippen LogP contribution in [0.1, 0.15) is 66.9 Å². The number of rotatable bonds is 6. The van der Waals surface area contributed by atoms with Crippen LogP contribution >= 0.6 is 23.2 Å². The summed E-state index contributed by atoms with van der Waals surface area (Å²) in [4.78, 5) is 0. The Bertz CT molecular complexity index is 1330. The molecule has 36 heavy (non-hydrogen) atoms. The summed E-state index contributed by atoms with van der Waals surface area (Å²) in [6.07, 6.45) is 4.88. The maximum Gasteiger partial charge on any atom is 0.145 e. The highest BCUT2D eigenvalue weighted by Gasteiger charge is 2.55. The summed E-state index contributed by atoms with van der Waals surface area (Å²) in [5.74, 6) is 0.403. The fraction of sp³-hybridized carbons (Fsp3) is 0.429. The number of aromatic nitrogens is 1. The van der Waals surface area contributed by atoms with Gasteiger partial charge in [0.05, 0.1) is 40.0 Å². The summed E-state index contributed by atoms with van der Waals surface area (Å²) >= 11 is 12.9. The van der Waals surface area contributed by atoms with Crippen molar-refractivity contribution in [1.29, 1.82) is 5.26 Å². The third-order valence-electron chi connectivity index (χ3n) is 8.16. The zero-order valence-electron chi connectivity index (χ0n) is 19.5. The minimum atomic E-state index is -1.25. The fourth-order valence-electron chi connectivity index (χ4n) is 6.24. The van der Waals surface area contributed by atoms with E-state index in [0.717, 1.165) is 37.0 Å². The predicted molar refractivity (Wildman–Crippen MR) is 133 cm³/mol. The van der Waals surface area contributed by atoms with Crippen LogP contribution in [0.15, 0.2) is 40.9 Å². The molecule has 0 spiro atoms. The Balaban J connectivity index is 1.24. The van der Waals surface area contributed by atoms with E-state index in [9.17, 15) is 9.50 Å². The van der Waals surface area contributed by atoms with Gasteiger partial charge in [-0.05, 0) is 74.6 Å². The number of ether oxygens (including phenoxy) is 1. The van der Waals surface area contributed by atoms with E-state index in [4.69, 9.17) is 37.7 Å². The number of nitriles is 1. The molecule has 3 aliphatic rings. The van der Waals surface area contributed by atoms with Gasteiger partial charge in [0.25, 0.3) is 0 Å². The van der Waals surface area contributed by atoms with E-state index in [1.807, 2.05) is 6.07 Å². The molecule has 2 bridgehead atoms. The van der Waals surface area contributed by atoms with E-state index in [-0.39, 0.29) is 29.1 Å². The van der Waals surface area contributed by atoms with E-state index in [1.165, 1.54) is 6.07 Å². The normalized spacial score (nSPS) is 27.2. The topological polar surface area (TPSA) is 79.3 Å². The smallest absolute Gasteiger partial charge is 0.145 e. The zero-order valence-corrected chi connectivity index (χ0v) is 21.0. The summed E-state index contributed by atoms with van der Waals surface area (Å²) in [6, 6.07) is 11.7. The van der Waals surface area contributed by atoms with E-state index in [0.29, 0.717) is 46.7 Å². The first-order chi connectivity index (χ1) is 17.4. The van der Waals surface area contributed by atoms with Crippen LogP contribution in [0, 0.1) is 29.0 Å². The van der Waals surface area contributed by atoms with Gasteiger partial charge >= 0.3 is 0 Å². The van der Waals surface area contributed by atoms with Gasteiger partial charge in [0.2, 0.25) is 0 Å². The molecule has 3 saturated carbocycles. The monoisotopic (exact) mass is 526 g/mol. The molecule has 2 aromatic carbocycles. The Morgan fingerprint density at radius 1 is 1.11 bits per heavy atom. The van der Waals surface area contributed by atoms with Crippen LogP contribution in [0.5, 0.6) is 0 Å². The minimum absolute atomic E-state index is 0.0826. The Morgan fingerprint density at radius 3 is 2.42 bits per heavy atom. The first-order valence-electron chi connectivity index (χ1n) is 12.4. The Labute approximate surface area is 218 Å². The number of hydrogen-bond acceptors (Lipinski definition) is 5. The summed E-state index contributed by atoms with van der Waals surface area (Å²) < 4.78 is 27.1. The molecule has 0 amide bonds. The maximum atomic E-state index is 14.9. The van der Waals surface area contributed by atoms with E-state index >= 15 is 0 Å². The molecule has 3 fully saturated rings. The second-order valence-electron chi connectivity index (χ2n) is 10.3. The number of nitrogens with zero attached hydrogens (tertiary/aromatic N) is 2. The quantitative estimate of drug-likeness (QED) is 0.369. The van der Waals surface area contributed by atoms with E-state index < -0.39 is 11.4 Å².